The molecule has 0 amide bonds. The van der Waals surface area contributed by atoms with Crippen molar-refractivity contribution in [2.45, 2.75) is 12.8 Å². The summed E-state index contributed by atoms with van der Waals surface area (Å²) in [5.41, 5.74) is -1.07. The zero-order valence-electron chi connectivity index (χ0n) is 6.61. The zero-order chi connectivity index (χ0) is 10.8. The van der Waals surface area contributed by atoms with Gasteiger partial charge in [0.1, 0.15) is 5.75 Å². The summed E-state index contributed by atoms with van der Waals surface area (Å²) in [6.45, 7) is -3.15. The number of halogens is 5. The number of rotatable bonds is 2. The Kier molecular flexibility index (Phi) is 2.93. The maximum Gasteiger partial charge on any atom is 0.416 e. The Labute approximate surface area is 76.1 Å². The molecule has 0 N–H and O–H groups in total. The van der Waals surface area contributed by atoms with Gasteiger partial charge in [-0.05, 0) is 24.3 Å². The molecule has 1 aromatic rings. The van der Waals surface area contributed by atoms with Crippen LogP contribution in [0.1, 0.15) is 5.56 Å². The Morgan fingerprint density at radius 1 is 1.21 bits per heavy atom. The molecule has 0 bridgehead atoms. The third-order valence-corrected chi connectivity index (χ3v) is 1.31. The number of hydrogen-bond donors (Lipinski definition) is 0. The standard InChI is InChI=1S/C8H4F5O/c9-7(10)14-6-3-1-2-5(4-6)8(11,12)13/h2-4,7H. The van der Waals surface area contributed by atoms with Gasteiger partial charge in [-0.25, -0.2) is 0 Å². The minimum Gasteiger partial charge on any atom is -0.435 e. The van der Waals surface area contributed by atoms with Gasteiger partial charge in [0.05, 0.1) is 5.56 Å². The van der Waals surface area contributed by atoms with Crippen molar-refractivity contribution in [3.05, 3.63) is 29.8 Å². The zero-order valence-corrected chi connectivity index (χ0v) is 6.61. The predicted molar refractivity (Wildman–Crippen MR) is 36.9 cm³/mol. The Hall–Kier alpha value is -1.33. The van der Waals surface area contributed by atoms with Gasteiger partial charge in [0, 0.05) is 0 Å². The molecular weight excluding hydrogens is 207 g/mol. The van der Waals surface area contributed by atoms with Gasteiger partial charge in [-0.1, -0.05) is 0 Å². The van der Waals surface area contributed by atoms with Gasteiger partial charge in [-0.3, -0.25) is 0 Å². The molecule has 0 fully saturated rings. The monoisotopic (exact) mass is 211 g/mol. The first-order chi connectivity index (χ1) is 6.39. The van der Waals surface area contributed by atoms with Gasteiger partial charge in [0.25, 0.3) is 0 Å². The highest BCUT2D eigenvalue weighted by Gasteiger charge is 2.30. The average molecular weight is 211 g/mol. The molecule has 0 saturated carbocycles. The van der Waals surface area contributed by atoms with E-state index in [4.69, 9.17) is 0 Å². The van der Waals surface area contributed by atoms with Crippen LogP contribution in [-0.4, -0.2) is 6.61 Å². The van der Waals surface area contributed by atoms with Gasteiger partial charge in [-0.2, -0.15) is 22.0 Å². The number of alkyl halides is 5. The molecule has 1 nitrogen and oxygen atoms in total. The fraction of sp³-hybridized carbons (Fsp3) is 0.250. The molecule has 6 heteroatoms. The van der Waals surface area contributed by atoms with Gasteiger partial charge in [0.15, 0.2) is 0 Å². The molecule has 14 heavy (non-hydrogen) atoms. The van der Waals surface area contributed by atoms with Crippen molar-refractivity contribution in [3.63, 3.8) is 0 Å². The third kappa shape index (κ3) is 2.86. The molecule has 0 unspecified atom stereocenters. The lowest BCUT2D eigenvalue weighted by molar-refractivity contribution is -0.138. The summed E-state index contributed by atoms with van der Waals surface area (Å²) < 4.78 is 63.2. The van der Waals surface area contributed by atoms with Crippen molar-refractivity contribution >= 4 is 0 Å². The Bertz CT molecular complexity index is 307. The van der Waals surface area contributed by atoms with Crippen LogP contribution in [0.2, 0.25) is 0 Å². The predicted octanol–water partition coefficient (Wildman–Crippen LogP) is 3.11. The Morgan fingerprint density at radius 2 is 1.86 bits per heavy atom. The first-order valence-corrected chi connectivity index (χ1v) is 3.43. The summed E-state index contributed by atoms with van der Waals surface area (Å²) in [4.78, 5) is 0. The molecule has 0 atom stereocenters. The highest BCUT2D eigenvalue weighted by molar-refractivity contribution is 5.29. The van der Waals surface area contributed by atoms with E-state index in [1.165, 1.54) is 0 Å². The minimum atomic E-state index is -4.59. The fourth-order valence-corrected chi connectivity index (χ4v) is 0.785. The highest BCUT2D eigenvalue weighted by atomic mass is 19.4. The lowest BCUT2D eigenvalue weighted by Crippen LogP contribution is -2.07. The first-order valence-electron chi connectivity index (χ1n) is 3.43. The molecule has 1 radical (unpaired) electrons. The molecule has 0 aliphatic rings. The van der Waals surface area contributed by atoms with E-state index in [1.807, 2.05) is 0 Å². The van der Waals surface area contributed by atoms with Crippen molar-refractivity contribution in [2.75, 3.05) is 0 Å². The third-order valence-electron chi connectivity index (χ3n) is 1.31. The molecule has 0 heterocycles. The average Bonchev–Trinajstić information content (AvgIpc) is 2.01. The molecule has 0 aliphatic carbocycles. The lowest BCUT2D eigenvalue weighted by atomic mass is 10.2. The van der Waals surface area contributed by atoms with Crippen molar-refractivity contribution in [3.8, 4) is 5.75 Å². The van der Waals surface area contributed by atoms with Crippen molar-refractivity contribution < 1.29 is 26.7 Å². The van der Waals surface area contributed by atoms with Crippen molar-refractivity contribution in [2.24, 2.45) is 0 Å². The smallest absolute Gasteiger partial charge is 0.416 e. The van der Waals surface area contributed by atoms with E-state index < -0.39 is 24.1 Å². The van der Waals surface area contributed by atoms with Gasteiger partial charge < -0.3 is 4.74 Å². The van der Waals surface area contributed by atoms with E-state index >= 15 is 0 Å². The van der Waals surface area contributed by atoms with Gasteiger partial charge >= 0.3 is 12.8 Å². The van der Waals surface area contributed by atoms with Crippen molar-refractivity contribution in [1.82, 2.24) is 0 Å². The topological polar surface area (TPSA) is 9.23 Å². The summed E-state index contributed by atoms with van der Waals surface area (Å²) in [5, 5.41) is 0. The number of benzene rings is 1. The van der Waals surface area contributed by atoms with E-state index in [2.05, 4.69) is 10.8 Å². The van der Waals surface area contributed by atoms with E-state index in [0.717, 1.165) is 6.07 Å². The molecule has 77 valence electrons. The summed E-state index contributed by atoms with van der Waals surface area (Å²) >= 11 is 0. The first kappa shape index (κ1) is 10.7. The second-order valence-electron chi connectivity index (χ2n) is 2.33. The van der Waals surface area contributed by atoms with Crippen LogP contribution < -0.4 is 4.74 Å². The maximum absolute atomic E-state index is 12.0. The minimum absolute atomic E-state index is 0.489. The summed E-state index contributed by atoms with van der Waals surface area (Å²) in [7, 11) is 0. The summed E-state index contributed by atoms with van der Waals surface area (Å²) in [6, 6.07) is 4.11. The molecule has 1 rings (SSSR count). The van der Waals surface area contributed by atoms with E-state index in [-0.39, 0.29) is 0 Å². The van der Waals surface area contributed by atoms with Crippen LogP contribution in [-0.2, 0) is 6.18 Å². The van der Waals surface area contributed by atoms with Crippen LogP contribution in [0.3, 0.4) is 0 Å². The fourth-order valence-electron chi connectivity index (χ4n) is 0.785. The normalized spacial score (nSPS) is 11.9. The van der Waals surface area contributed by atoms with E-state index in [9.17, 15) is 22.0 Å². The molecule has 1 aromatic carbocycles. The molecule has 0 saturated heterocycles. The van der Waals surface area contributed by atoms with Crippen LogP contribution in [0, 0.1) is 6.07 Å². The Morgan fingerprint density at radius 3 is 2.36 bits per heavy atom. The van der Waals surface area contributed by atoms with Gasteiger partial charge in [-0.15, -0.1) is 0 Å². The molecule has 0 spiro atoms. The highest BCUT2D eigenvalue weighted by Crippen LogP contribution is 2.31. The van der Waals surface area contributed by atoms with E-state index in [0.29, 0.717) is 12.1 Å². The number of hydrogen-bond acceptors (Lipinski definition) is 1. The molecule has 0 aromatic heterocycles. The largest absolute Gasteiger partial charge is 0.435 e. The van der Waals surface area contributed by atoms with Crippen LogP contribution >= 0.6 is 0 Å². The summed E-state index contributed by atoms with van der Waals surface area (Å²) in [6.07, 6.45) is -4.59. The Balaban J connectivity index is 2.90. The molecular formula is C8H4F5O. The number of ether oxygens (including phenoxy) is 1. The maximum atomic E-state index is 12.0. The quantitative estimate of drug-likeness (QED) is 0.683. The SMILES string of the molecule is FC(F)Oc1c[c]cc(C(F)(F)F)c1. The van der Waals surface area contributed by atoms with Gasteiger partial charge in [0.2, 0.25) is 0 Å². The lowest BCUT2D eigenvalue weighted by Gasteiger charge is -2.08. The van der Waals surface area contributed by atoms with Crippen molar-refractivity contribution in [1.29, 1.82) is 0 Å². The second kappa shape index (κ2) is 3.81. The summed E-state index contributed by atoms with van der Waals surface area (Å²) in [5.74, 6) is -0.560. The molecule has 0 aliphatic heterocycles. The van der Waals surface area contributed by atoms with Crippen LogP contribution in [0.4, 0.5) is 22.0 Å². The van der Waals surface area contributed by atoms with Crippen LogP contribution in [0.15, 0.2) is 18.2 Å². The second-order valence-corrected chi connectivity index (χ2v) is 2.33. The van der Waals surface area contributed by atoms with Crippen LogP contribution in [0.5, 0.6) is 5.75 Å². The van der Waals surface area contributed by atoms with Crippen LogP contribution in [0.25, 0.3) is 0 Å². The van der Waals surface area contributed by atoms with E-state index in [1.54, 1.807) is 0 Å².